The number of hydrogen-bond donors (Lipinski definition) is 0. The molecule has 0 unspecified atom stereocenters. The molecule has 1 aliphatic carbocycles. The van der Waals surface area contributed by atoms with E-state index in [-0.39, 0.29) is 20.1 Å². The molecule has 0 saturated heterocycles. The Labute approximate surface area is 96.4 Å². The van der Waals surface area contributed by atoms with E-state index in [1.165, 1.54) is 0 Å². The van der Waals surface area contributed by atoms with Crippen LogP contribution in [0.15, 0.2) is 25.2 Å². The van der Waals surface area contributed by atoms with Gasteiger partial charge < -0.3 is 5.01 Å². The van der Waals surface area contributed by atoms with Crippen molar-refractivity contribution in [3.8, 4) is 0 Å². The molecule has 0 N–H and O–H groups in total. The van der Waals surface area contributed by atoms with Crippen LogP contribution in [0.5, 0.6) is 0 Å². The molecule has 0 heterocycles. The molecule has 0 fully saturated rings. The molecule has 0 radical (unpaired) electrons. The number of hydrazone groups is 1. The van der Waals surface area contributed by atoms with Crippen LogP contribution in [-0.2, 0) is 0 Å². The highest BCUT2D eigenvalue weighted by molar-refractivity contribution is 6.66. The number of allylic oxidation sites excluding steroid dienone is 4. The molecule has 0 aromatic rings. The van der Waals surface area contributed by atoms with Gasteiger partial charge in [-0.2, -0.15) is 5.10 Å². The molecular weight excluding hydrogens is 254 g/mol. The molecule has 0 atom stereocenters. The maximum Gasteiger partial charge on any atom is 0.123 e. The van der Waals surface area contributed by atoms with Crippen LogP contribution in [0.2, 0.25) is 0 Å². The van der Waals surface area contributed by atoms with Crippen molar-refractivity contribution >= 4 is 52.1 Å². The van der Waals surface area contributed by atoms with Crippen molar-refractivity contribution in [2.24, 2.45) is 5.10 Å². The van der Waals surface area contributed by atoms with Gasteiger partial charge in [0, 0.05) is 14.1 Å². The van der Waals surface area contributed by atoms with Crippen molar-refractivity contribution < 1.29 is 0 Å². The lowest BCUT2D eigenvalue weighted by atomic mass is 10.4. The summed E-state index contributed by atoms with van der Waals surface area (Å²) < 4.78 is 0. The molecule has 72 valence electrons. The van der Waals surface area contributed by atoms with Gasteiger partial charge in [-0.15, -0.1) is 0 Å². The molecule has 13 heavy (non-hydrogen) atoms. The van der Waals surface area contributed by atoms with Crippen molar-refractivity contribution in [2.75, 3.05) is 14.1 Å². The Hall–Kier alpha value is 0.110. The largest absolute Gasteiger partial charge is 0.302 e. The van der Waals surface area contributed by atoms with Gasteiger partial charge in [0.05, 0.1) is 20.1 Å². The van der Waals surface area contributed by atoms with Crippen molar-refractivity contribution in [2.45, 2.75) is 0 Å². The molecule has 0 aromatic carbocycles. The Kier molecular flexibility index (Phi) is 3.52. The lowest BCUT2D eigenvalue weighted by molar-refractivity contribution is 0.438. The second-order valence-corrected chi connectivity index (χ2v) is 4.06. The Morgan fingerprint density at radius 2 is 1.23 bits per heavy atom. The third kappa shape index (κ3) is 2.13. The van der Waals surface area contributed by atoms with Gasteiger partial charge >= 0.3 is 0 Å². The zero-order chi connectivity index (χ0) is 10.2. The number of nitrogens with zero attached hydrogens (tertiary/aromatic N) is 2. The molecule has 0 bridgehead atoms. The molecule has 0 amide bonds. The molecule has 1 aliphatic rings. The minimum Gasteiger partial charge on any atom is -0.302 e. The van der Waals surface area contributed by atoms with E-state index in [9.17, 15) is 0 Å². The van der Waals surface area contributed by atoms with Crippen LogP contribution in [0.1, 0.15) is 0 Å². The predicted octanol–water partition coefficient (Wildman–Crippen LogP) is 3.30. The van der Waals surface area contributed by atoms with E-state index in [1.807, 2.05) is 0 Å². The Morgan fingerprint density at radius 1 is 0.846 bits per heavy atom. The Morgan fingerprint density at radius 3 is 1.54 bits per heavy atom. The van der Waals surface area contributed by atoms with Gasteiger partial charge in [0.15, 0.2) is 0 Å². The fourth-order valence-corrected chi connectivity index (χ4v) is 1.75. The summed E-state index contributed by atoms with van der Waals surface area (Å²) in [7, 11) is 3.50. The molecular formula is C7H6Cl4N2. The average Bonchev–Trinajstić information content (AvgIpc) is 2.22. The predicted molar refractivity (Wildman–Crippen MR) is 58.6 cm³/mol. The smallest absolute Gasteiger partial charge is 0.123 e. The topological polar surface area (TPSA) is 15.6 Å². The normalized spacial score (nSPS) is 17.2. The molecule has 1 rings (SSSR count). The van der Waals surface area contributed by atoms with Crippen LogP contribution in [0.25, 0.3) is 0 Å². The maximum atomic E-state index is 5.84. The van der Waals surface area contributed by atoms with Gasteiger partial charge in [-0.05, 0) is 0 Å². The van der Waals surface area contributed by atoms with Crippen LogP contribution in [0.3, 0.4) is 0 Å². The van der Waals surface area contributed by atoms with E-state index in [2.05, 4.69) is 5.10 Å². The first-order chi connectivity index (χ1) is 5.95. The highest BCUT2D eigenvalue weighted by Crippen LogP contribution is 2.39. The minimum absolute atomic E-state index is 0.244. The maximum absolute atomic E-state index is 5.84. The minimum atomic E-state index is 0.244. The number of hydrogen-bond acceptors (Lipinski definition) is 2. The van der Waals surface area contributed by atoms with Gasteiger partial charge in [-0.1, -0.05) is 46.4 Å². The SMILES string of the molecule is CN(C)N=C1C(Cl)=C(Cl)C(Cl)=C1Cl. The van der Waals surface area contributed by atoms with Crippen molar-refractivity contribution in [1.82, 2.24) is 5.01 Å². The van der Waals surface area contributed by atoms with E-state index in [0.717, 1.165) is 0 Å². The molecule has 0 aromatic heterocycles. The van der Waals surface area contributed by atoms with E-state index in [0.29, 0.717) is 5.71 Å². The molecule has 0 saturated carbocycles. The van der Waals surface area contributed by atoms with Crippen LogP contribution >= 0.6 is 46.4 Å². The van der Waals surface area contributed by atoms with E-state index < -0.39 is 0 Å². The summed E-state index contributed by atoms with van der Waals surface area (Å²) >= 11 is 23.2. The molecule has 0 aliphatic heterocycles. The van der Waals surface area contributed by atoms with E-state index in [1.54, 1.807) is 19.1 Å². The van der Waals surface area contributed by atoms with Crippen LogP contribution in [0, 0.1) is 0 Å². The zero-order valence-electron chi connectivity index (χ0n) is 6.91. The third-order valence-corrected chi connectivity index (χ3v) is 3.08. The summed E-state index contributed by atoms with van der Waals surface area (Å²) in [6, 6.07) is 0. The second kappa shape index (κ2) is 4.09. The Bertz CT molecular complexity index is 301. The van der Waals surface area contributed by atoms with E-state index >= 15 is 0 Å². The fourth-order valence-electron chi connectivity index (χ4n) is 0.785. The standard InChI is InChI=1S/C7H6Cl4N2/c1-13(2)12-7-5(10)3(8)4(9)6(7)11/h1-2H3. The highest BCUT2D eigenvalue weighted by Gasteiger charge is 2.26. The summed E-state index contributed by atoms with van der Waals surface area (Å²) in [5.41, 5.74) is 0.406. The summed E-state index contributed by atoms with van der Waals surface area (Å²) in [5, 5.41) is 6.66. The lowest BCUT2D eigenvalue weighted by Crippen LogP contribution is -2.07. The summed E-state index contributed by atoms with van der Waals surface area (Å²) in [4.78, 5) is 0. The highest BCUT2D eigenvalue weighted by atomic mass is 35.5. The van der Waals surface area contributed by atoms with Crippen LogP contribution < -0.4 is 0 Å². The summed E-state index contributed by atoms with van der Waals surface area (Å²) in [5.74, 6) is 0. The first-order valence-corrected chi connectivity index (χ1v) is 4.84. The van der Waals surface area contributed by atoms with Crippen molar-refractivity contribution in [1.29, 1.82) is 0 Å². The lowest BCUT2D eigenvalue weighted by Gasteiger charge is -2.06. The Balaban J connectivity index is 3.17. The van der Waals surface area contributed by atoms with Gasteiger partial charge in [0.2, 0.25) is 0 Å². The monoisotopic (exact) mass is 258 g/mol. The molecule has 6 heteroatoms. The van der Waals surface area contributed by atoms with Gasteiger partial charge in [0.1, 0.15) is 5.71 Å². The van der Waals surface area contributed by atoms with Crippen molar-refractivity contribution in [3.05, 3.63) is 20.1 Å². The quantitative estimate of drug-likeness (QED) is 0.660. The van der Waals surface area contributed by atoms with Gasteiger partial charge in [-0.25, -0.2) is 0 Å². The van der Waals surface area contributed by atoms with Crippen LogP contribution in [0.4, 0.5) is 0 Å². The summed E-state index contributed by atoms with van der Waals surface area (Å²) in [6.07, 6.45) is 0. The zero-order valence-corrected chi connectivity index (χ0v) is 9.93. The summed E-state index contributed by atoms with van der Waals surface area (Å²) in [6.45, 7) is 0. The van der Waals surface area contributed by atoms with E-state index in [4.69, 9.17) is 46.4 Å². The number of rotatable bonds is 1. The first kappa shape index (κ1) is 11.2. The van der Waals surface area contributed by atoms with Crippen LogP contribution in [-0.4, -0.2) is 24.8 Å². The van der Waals surface area contributed by atoms with Gasteiger partial charge in [-0.3, -0.25) is 0 Å². The third-order valence-electron chi connectivity index (χ3n) is 1.29. The molecule has 0 spiro atoms. The first-order valence-electron chi connectivity index (χ1n) is 3.32. The number of halogens is 4. The molecule has 2 nitrogen and oxygen atoms in total. The average molecular weight is 260 g/mol. The van der Waals surface area contributed by atoms with Crippen molar-refractivity contribution in [3.63, 3.8) is 0 Å². The van der Waals surface area contributed by atoms with Gasteiger partial charge in [0.25, 0.3) is 0 Å². The fraction of sp³-hybridized carbons (Fsp3) is 0.286. The second-order valence-electron chi connectivity index (χ2n) is 2.55.